The molecule has 0 radical (unpaired) electrons. The zero-order chi connectivity index (χ0) is 14.5. The minimum atomic E-state index is -0.412. The number of nitrogens with zero attached hydrogens (tertiary/aromatic N) is 1. The Labute approximate surface area is 124 Å². The summed E-state index contributed by atoms with van der Waals surface area (Å²) in [4.78, 5) is 14.7. The van der Waals surface area contributed by atoms with Crippen molar-refractivity contribution >= 4 is 17.5 Å². The molecule has 1 fully saturated rings. The summed E-state index contributed by atoms with van der Waals surface area (Å²) in [6, 6.07) is 6.26. The van der Waals surface area contributed by atoms with Crippen LogP contribution in [0.5, 0.6) is 0 Å². The Morgan fingerprint density at radius 3 is 2.95 bits per heavy atom. The number of thioether (sulfide) groups is 1. The van der Waals surface area contributed by atoms with Crippen LogP contribution < -0.4 is 0 Å². The van der Waals surface area contributed by atoms with Crippen LogP contribution in [0.2, 0.25) is 0 Å². The molecule has 0 saturated carbocycles. The van der Waals surface area contributed by atoms with Crippen molar-refractivity contribution in [2.75, 3.05) is 25.4 Å². The van der Waals surface area contributed by atoms with E-state index in [-0.39, 0.29) is 17.3 Å². The molecular formula is C16H22FNOS. The lowest BCUT2D eigenvalue weighted by atomic mass is 9.98. The molecular weight excluding hydrogens is 273 g/mol. The van der Waals surface area contributed by atoms with Crippen molar-refractivity contribution in [2.45, 2.75) is 25.5 Å². The van der Waals surface area contributed by atoms with E-state index in [9.17, 15) is 9.18 Å². The van der Waals surface area contributed by atoms with Crippen molar-refractivity contribution in [1.82, 2.24) is 4.90 Å². The first-order valence-electron chi connectivity index (χ1n) is 7.24. The van der Waals surface area contributed by atoms with Gasteiger partial charge < -0.3 is 4.90 Å². The van der Waals surface area contributed by atoms with Gasteiger partial charge in [0.05, 0.1) is 5.56 Å². The van der Waals surface area contributed by atoms with E-state index >= 15 is 0 Å². The molecule has 2 atom stereocenters. The highest BCUT2D eigenvalue weighted by Crippen LogP contribution is 2.22. The van der Waals surface area contributed by atoms with Crippen molar-refractivity contribution in [3.05, 3.63) is 35.6 Å². The maximum absolute atomic E-state index is 13.7. The first kappa shape index (κ1) is 15.5. The molecule has 1 aromatic rings. The average molecular weight is 295 g/mol. The largest absolute Gasteiger partial charge is 0.301 e. The van der Waals surface area contributed by atoms with Gasteiger partial charge in [0.25, 0.3) is 0 Å². The van der Waals surface area contributed by atoms with Crippen LogP contribution in [0.4, 0.5) is 4.39 Å². The molecule has 1 heterocycles. The molecule has 0 aliphatic carbocycles. The van der Waals surface area contributed by atoms with E-state index in [0.29, 0.717) is 5.25 Å². The summed E-state index contributed by atoms with van der Waals surface area (Å²) in [7, 11) is 0. The maximum atomic E-state index is 13.7. The third-order valence-electron chi connectivity index (χ3n) is 3.80. The molecule has 1 aromatic carbocycles. The minimum absolute atomic E-state index is 0.0885. The topological polar surface area (TPSA) is 20.3 Å². The fraction of sp³-hybridized carbons (Fsp3) is 0.562. The summed E-state index contributed by atoms with van der Waals surface area (Å²) in [5.74, 6) is 0.464. The van der Waals surface area contributed by atoms with Crippen LogP contribution in [-0.4, -0.2) is 41.3 Å². The van der Waals surface area contributed by atoms with Gasteiger partial charge in [0, 0.05) is 36.6 Å². The number of hydrogen-bond donors (Lipinski definition) is 0. The van der Waals surface area contributed by atoms with E-state index in [1.54, 1.807) is 18.2 Å². The summed E-state index contributed by atoms with van der Waals surface area (Å²) in [5.41, 5.74) is 0.221. The Morgan fingerprint density at radius 1 is 1.50 bits per heavy atom. The molecule has 20 heavy (non-hydrogen) atoms. The molecule has 110 valence electrons. The Morgan fingerprint density at radius 2 is 2.25 bits per heavy atom. The van der Waals surface area contributed by atoms with Crippen LogP contribution in [0.3, 0.4) is 0 Å². The first-order chi connectivity index (χ1) is 9.61. The van der Waals surface area contributed by atoms with Crippen LogP contribution in [0.15, 0.2) is 24.3 Å². The van der Waals surface area contributed by atoms with E-state index in [2.05, 4.69) is 11.8 Å². The van der Waals surface area contributed by atoms with Gasteiger partial charge in [0.2, 0.25) is 0 Å². The second-order valence-corrected chi connectivity index (χ2v) is 6.81. The number of halogens is 1. The molecule has 2 unspecified atom stereocenters. The van der Waals surface area contributed by atoms with Gasteiger partial charge in [-0.15, -0.1) is 0 Å². The fourth-order valence-corrected chi connectivity index (χ4v) is 3.84. The molecule has 0 N–H and O–H groups in total. The molecule has 0 aromatic heterocycles. The average Bonchev–Trinajstić information content (AvgIpc) is 2.47. The van der Waals surface area contributed by atoms with Crippen LogP contribution in [0, 0.1) is 11.7 Å². The molecule has 1 saturated heterocycles. The summed E-state index contributed by atoms with van der Waals surface area (Å²) in [6.45, 7) is 6.89. The lowest BCUT2D eigenvalue weighted by Gasteiger charge is -2.33. The van der Waals surface area contributed by atoms with Gasteiger partial charge in [-0.05, 0) is 18.6 Å². The Kier molecular flexibility index (Phi) is 5.61. The SMILES string of the molecule is CCC1CN(CC(C)C(=O)c2ccccc2F)CCS1. The van der Waals surface area contributed by atoms with Gasteiger partial charge in [-0.2, -0.15) is 11.8 Å². The molecule has 4 heteroatoms. The zero-order valence-electron chi connectivity index (χ0n) is 12.1. The predicted molar refractivity (Wildman–Crippen MR) is 82.9 cm³/mol. The highest BCUT2D eigenvalue weighted by atomic mass is 32.2. The van der Waals surface area contributed by atoms with Crippen molar-refractivity contribution in [3.63, 3.8) is 0 Å². The normalized spacial score (nSPS) is 21.6. The molecule has 0 bridgehead atoms. The van der Waals surface area contributed by atoms with Gasteiger partial charge in [0.1, 0.15) is 5.82 Å². The summed E-state index contributed by atoms with van der Waals surface area (Å²) in [5, 5.41) is 0.666. The van der Waals surface area contributed by atoms with E-state index < -0.39 is 5.82 Å². The summed E-state index contributed by atoms with van der Waals surface area (Å²) in [6.07, 6.45) is 1.16. The van der Waals surface area contributed by atoms with Gasteiger partial charge in [0.15, 0.2) is 5.78 Å². The quantitative estimate of drug-likeness (QED) is 0.776. The Bertz CT molecular complexity index is 466. The van der Waals surface area contributed by atoms with Gasteiger partial charge in [-0.1, -0.05) is 26.0 Å². The van der Waals surface area contributed by atoms with Crippen LogP contribution >= 0.6 is 11.8 Å². The van der Waals surface area contributed by atoms with Crippen LogP contribution in [0.1, 0.15) is 30.6 Å². The summed E-state index contributed by atoms with van der Waals surface area (Å²) < 4.78 is 13.7. The lowest BCUT2D eigenvalue weighted by Crippen LogP contribution is -2.41. The highest BCUT2D eigenvalue weighted by Gasteiger charge is 2.24. The molecule has 1 aliphatic heterocycles. The third kappa shape index (κ3) is 3.83. The minimum Gasteiger partial charge on any atom is -0.301 e. The van der Waals surface area contributed by atoms with Gasteiger partial charge >= 0.3 is 0 Å². The number of Topliss-reactive ketones (excluding diaryl/α,β-unsaturated/α-hetero) is 1. The smallest absolute Gasteiger partial charge is 0.169 e. The monoisotopic (exact) mass is 295 g/mol. The van der Waals surface area contributed by atoms with Crippen molar-refractivity contribution in [2.24, 2.45) is 5.92 Å². The first-order valence-corrected chi connectivity index (χ1v) is 8.29. The fourth-order valence-electron chi connectivity index (χ4n) is 2.59. The highest BCUT2D eigenvalue weighted by molar-refractivity contribution is 8.00. The number of benzene rings is 1. The number of carbonyl (C=O) groups is 1. The van der Waals surface area contributed by atoms with Crippen molar-refractivity contribution in [1.29, 1.82) is 0 Å². The van der Waals surface area contributed by atoms with Gasteiger partial charge in [-0.3, -0.25) is 4.79 Å². The standard InChI is InChI=1S/C16H22FNOS/c1-3-13-11-18(8-9-20-13)10-12(2)16(19)14-6-4-5-7-15(14)17/h4-7,12-13H,3,8-11H2,1-2H3. The Balaban J connectivity index is 1.96. The third-order valence-corrected chi connectivity index (χ3v) is 5.17. The second kappa shape index (κ2) is 7.23. The van der Waals surface area contributed by atoms with E-state index in [4.69, 9.17) is 0 Å². The zero-order valence-corrected chi connectivity index (χ0v) is 13.0. The molecule has 2 nitrogen and oxygen atoms in total. The maximum Gasteiger partial charge on any atom is 0.169 e. The Hall–Kier alpha value is -0.870. The van der Waals surface area contributed by atoms with Crippen molar-refractivity contribution in [3.8, 4) is 0 Å². The number of hydrogen-bond acceptors (Lipinski definition) is 3. The molecule has 1 aliphatic rings. The van der Waals surface area contributed by atoms with E-state index in [1.165, 1.54) is 6.07 Å². The van der Waals surface area contributed by atoms with Gasteiger partial charge in [-0.25, -0.2) is 4.39 Å². The van der Waals surface area contributed by atoms with Crippen molar-refractivity contribution < 1.29 is 9.18 Å². The van der Waals surface area contributed by atoms with E-state index in [0.717, 1.165) is 31.8 Å². The second-order valence-electron chi connectivity index (χ2n) is 5.41. The van der Waals surface area contributed by atoms with Crippen LogP contribution in [0.25, 0.3) is 0 Å². The predicted octanol–water partition coefficient (Wildman–Crippen LogP) is 3.47. The summed E-state index contributed by atoms with van der Waals surface area (Å²) >= 11 is 2.01. The van der Waals surface area contributed by atoms with Crippen LogP contribution in [-0.2, 0) is 0 Å². The number of ketones is 1. The molecule has 2 rings (SSSR count). The number of carbonyl (C=O) groups excluding carboxylic acids is 1. The van der Waals surface area contributed by atoms with E-state index in [1.807, 2.05) is 18.7 Å². The molecule has 0 amide bonds. The lowest BCUT2D eigenvalue weighted by molar-refractivity contribution is 0.0891. The number of rotatable bonds is 5. The molecule has 0 spiro atoms.